The summed E-state index contributed by atoms with van der Waals surface area (Å²) in [4.78, 5) is 17.8. The maximum absolute atomic E-state index is 13.3. The van der Waals surface area contributed by atoms with Crippen LogP contribution in [0.25, 0.3) is 0 Å². The zero-order valence-corrected chi connectivity index (χ0v) is 14.3. The van der Waals surface area contributed by atoms with Crippen molar-refractivity contribution in [1.29, 1.82) is 0 Å². The van der Waals surface area contributed by atoms with E-state index in [4.69, 9.17) is 0 Å². The van der Waals surface area contributed by atoms with Crippen LogP contribution in [0.1, 0.15) is 44.9 Å². The van der Waals surface area contributed by atoms with Gasteiger partial charge in [-0.05, 0) is 51.0 Å². The van der Waals surface area contributed by atoms with Crippen molar-refractivity contribution in [2.24, 2.45) is 5.41 Å². The molecule has 1 radical (unpaired) electrons. The Kier molecular flexibility index (Phi) is 4.25. The number of benzene rings is 1. The molecule has 129 valence electrons. The highest BCUT2D eigenvalue weighted by molar-refractivity contribution is 5.86. The van der Waals surface area contributed by atoms with Gasteiger partial charge in [0.05, 0.1) is 11.5 Å². The summed E-state index contributed by atoms with van der Waals surface area (Å²) in [5, 5.41) is 9.73. The average Bonchev–Trinajstić information content (AvgIpc) is 2.93. The largest absolute Gasteiger partial charge is 0.393 e. The number of anilines is 1. The van der Waals surface area contributed by atoms with Crippen LogP contribution >= 0.6 is 0 Å². The summed E-state index contributed by atoms with van der Waals surface area (Å²) >= 11 is 0. The summed E-state index contributed by atoms with van der Waals surface area (Å²) in [7, 11) is 0. The number of hydrogen-bond acceptors (Lipinski definition) is 3. The van der Waals surface area contributed by atoms with Gasteiger partial charge in [0.25, 0.3) is 0 Å². The number of carbonyl (C=O) groups excluding carboxylic acids is 1. The van der Waals surface area contributed by atoms with Crippen LogP contribution in [0.3, 0.4) is 0 Å². The Labute approximate surface area is 144 Å². The van der Waals surface area contributed by atoms with Crippen LogP contribution in [0, 0.1) is 11.5 Å². The van der Waals surface area contributed by atoms with Gasteiger partial charge in [-0.25, -0.2) is 0 Å². The van der Waals surface area contributed by atoms with Crippen molar-refractivity contribution in [2.45, 2.75) is 57.1 Å². The number of likely N-dealkylation sites (tertiary alicyclic amines) is 1. The molecule has 4 heteroatoms. The van der Waals surface area contributed by atoms with Crippen molar-refractivity contribution in [2.75, 3.05) is 24.5 Å². The van der Waals surface area contributed by atoms with E-state index in [0.717, 1.165) is 70.3 Å². The Morgan fingerprint density at radius 3 is 2.71 bits per heavy atom. The molecule has 4 rings (SSSR count). The van der Waals surface area contributed by atoms with Crippen LogP contribution < -0.4 is 4.90 Å². The molecule has 1 aliphatic carbocycles. The SMILES string of the molecule is O=C1N(C2CCC(O)CC2)CC[C@@]12CCCN(c1[c]cccc1)C2. The molecule has 1 atom stereocenters. The topological polar surface area (TPSA) is 43.8 Å². The van der Waals surface area contributed by atoms with E-state index in [1.807, 2.05) is 18.2 Å². The van der Waals surface area contributed by atoms with E-state index in [9.17, 15) is 9.90 Å². The van der Waals surface area contributed by atoms with Crippen molar-refractivity contribution in [3.63, 3.8) is 0 Å². The van der Waals surface area contributed by atoms with Gasteiger partial charge in [0.2, 0.25) is 5.91 Å². The second-order valence-corrected chi connectivity index (χ2v) is 7.76. The third-order valence-electron chi connectivity index (χ3n) is 6.26. The van der Waals surface area contributed by atoms with E-state index in [2.05, 4.69) is 21.9 Å². The predicted molar refractivity (Wildman–Crippen MR) is 93.8 cm³/mol. The van der Waals surface area contributed by atoms with Gasteiger partial charge in [0.15, 0.2) is 0 Å². The summed E-state index contributed by atoms with van der Waals surface area (Å²) in [5.74, 6) is 0.365. The summed E-state index contributed by atoms with van der Waals surface area (Å²) < 4.78 is 0. The Morgan fingerprint density at radius 2 is 1.96 bits per heavy atom. The van der Waals surface area contributed by atoms with Gasteiger partial charge in [-0.3, -0.25) is 4.79 Å². The minimum atomic E-state index is -0.196. The lowest BCUT2D eigenvalue weighted by Crippen LogP contribution is -2.50. The summed E-state index contributed by atoms with van der Waals surface area (Å²) in [6.07, 6.45) is 6.50. The normalized spacial score (nSPS) is 34.1. The lowest BCUT2D eigenvalue weighted by molar-refractivity contribution is -0.139. The number of amides is 1. The highest BCUT2D eigenvalue weighted by atomic mass is 16.3. The summed E-state index contributed by atoms with van der Waals surface area (Å²) in [5.41, 5.74) is 0.918. The fourth-order valence-corrected chi connectivity index (χ4v) is 4.86. The van der Waals surface area contributed by atoms with Gasteiger partial charge in [0, 0.05) is 37.4 Å². The quantitative estimate of drug-likeness (QED) is 0.908. The number of hydrogen-bond donors (Lipinski definition) is 1. The molecule has 1 saturated carbocycles. The zero-order valence-electron chi connectivity index (χ0n) is 14.3. The van der Waals surface area contributed by atoms with Crippen LogP contribution in [0.5, 0.6) is 0 Å². The second kappa shape index (κ2) is 6.40. The monoisotopic (exact) mass is 327 g/mol. The molecule has 0 unspecified atom stereocenters. The number of piperidine rings is 1. The lowest BCUT2D eigenvalue weighted by Gasteiger charge is -2.41. The van der Waals surface area contributed by atoms with E-state index < -0.39 is 0 Å². The minimum absolute atomic E-state index is 0.160. The molecule has 2 saturated heterocycles. The number of nitrogens with zero attached hydrogens (tertiary/aromatic N) is 2. The third kappa shape index (κ3) is 2.81. The molecule has 0 aromatic heterocycles. The number of aliphatic hydroxyl groups excluding tert-OH is 1. The van der Waals surface area contributed by atoms with Crippen molar-refractivity contribution in [3.8, 4) is 0 Å². The first-order valence-electron chi connectivity index (χ1n) is 9.39. The van der Waals surface area contributed by atoms with E-state index in [1.54, 1.807) is 0 Å². The van der Waals surface area contributed by atoms with E-state index in [0.29, 0.717) is 11.9 Å². The Hall–Kier alpha value is -1.55. The molecule has 1 N–H and O–H groups in total. The molecule has 3 fully saturated rings. The van der Waals surface area contributed by atoms with Crippen LogP contribution in [0.2, 0.25) is 0 Å². The molecule has 0 bridgehead atoms. The van der Waals surface area contributed by atoms with Crippen LogP contribution in [0.15, 0.2) is 24.3 Å². The zero-order chi connectivity index (χ0) is 16.6. The van der Waals surface area contributed by atoms with Crippen molar-refractivity contribution < 1.29 is 9.90 Å². The second-order valence-electron chi connectivity index (χ2n) is 7.76. The molecule has 1 spiro atoms. The molecular weight excluding hydrogens is 300 g/mol. The minimum Gasteiger partial charge on any atom is -0.393 e. The molecule has 1 amide bonds. The highest BCUT2D eigenvalue weighted by Crippen LogP contribution is 2.43. The highest BCUT2D eigenvalue weighted by Gasteiger charge is 2.50. The van der Waals surface area contributed by atoms with Gasteiger partial charge >= 0.3 is 0 Å². The van der Waals surface area contributed by atoms with Crippen molar-refractivity contribution >= 4 is 11.6 Å². The lowest BCUT2D eigenvalue weighted by atomic mass is 9.78. The van der Waals surface area contributed by atoms with Crippen LogP contribution in [0.4, 0.5) is 5.69 Å². The maximum atomic E-state index is 13.3. The smallest absolute Gasteiger partial charge is 0.230 e. The number of aliphatic hydroxyl groups is 1. The molecule has 4 nitrogen and oxygen atoms in total. The number of para-hydroxylation sites is 1. The fraction of sp³-hybridized carbons (Fsp3) is 0.650. The maximum Gasteiger partial charge on any atom is 0.230 e. The summed E-state index contributed by atoms with van der Waals surface area (Å²) in [6.45, 7) is 2.75. The molecule has 1 aromatic carbocycles. The van der Waals surface area contributed by atoms with E-state index in [-0.39, 0.29) is 11.5 Å². The summed E-state index contributed by atoms with van der Waals surface area (Å²) in [6, 6.07) is 11.7. The molecule has 2 aliphatic heterocycles. The standard InChI is InChI=1S/C20H27N2O2/c23-18-9-7-17(8-10-18)22-14-12-20(19(22)24)11-4-13-21(15-20)16-5-2-1-3-6-16/h1-3,5,17-18,23H,4,7-15H2/t17?,18?,20-/m1/s1. The third-order valence-corrected chi connectivity index (χ3v) is 6.26. The number of rotatable bonds is 2. The first kappa shape index (κ1) is 15.9. The van der Waals surface area contributed by atoms with Gasteiger partial charge in [0.1, 0.15) is 0 Å². The molecular formula is C20H27N2O2. The van der Waals surface area contributed by atoms with Crippen molar-refractivity contribution in [3.05, 3.63) is 30.3 Å². The van der Waals surface area contributed by atoms with Crippen LogP contribution in [-0.2, 0) is 4.79 Å². The average molecular weight is 327 g/mol. The van der Waals surface area contributed by atoms with Crippen molar-refractivity contribution in [1.82, 2.24) is 4.90 Å². The molecule has 1 aromatic rings. The van der Waals surface area contributed by atoms with Gasteiger partial charge in [-0.2, -0.15) is 0 Å². The van der Waals surface area contributed by atoms with Gasteiger partial charge in [-0.15, -0.1) is 0 Å². The molecule has 3 aliphatic rings. The first-order valence-corrected chi connectivity index (χ1v) is 9.39. The van der Waals surface area contributed by atoms with E-state index in [1.165, 1.54) is 0 Å². The Bertz CT molecular complexity index is 583. The number of carbonyl (C=O) groups is 1. The van der Waals surface area contributed by atoms with E-state index >= 15 is 0 Å². The molecule has 2 heterocycles. The fourth-order valence-electron chi connectivity index (χ4n) is 4.86. The molecule has 24 heavy (non-hydrogen) atoms. The van der Waals surface area contributed by atoms with Gasteiger partial charge < -0.3 is 14.9 Å². The predicted octanol–water partition coefficient (Wildman–Crippen LogP) is 2.61. The van der Waals surface area contributed by atoms with Gasteiger partial charge in [-0.1, -0.05) is 18.2 Å². The van der Waals surface area contributed by atoms with Crippen LogP contribution in [-0.4, -0.2) is 47.7 Å². The Morgan fingerprint density at radius 1 is 1.12 bits per heavy atom. The Balaban J connectivity index is 1.48. The first-order chi connectivity index (χ1) is 11.7.